The second-order valence-electron chi connectivity index (χ2n) is 9.49. The number of nitrogens with one attached hydrogen (secondary N) is 1. The summed E-state index contributed by atoms with van der Waals surface area (Å²) in [5, 5.41) is 0.533. The molecule has 0 radical (unpaired) electrons. The summed E-state index contributed by atoms with van der Waals surface area (Å²) < 4.78 is 0. The van der Waals surface area contributed by atoms with Crippen LogP contribution in [-0.4, -0.2) is 63.1 Å². The van der Waals surface area contributed by atoms with Crippen LogP contribution in [0.5, 0.6) is 0 Å². The van der Waals surface area contributed by atoms with Gasteiger partial charge in [0.15, 0.2) is 5.16 Å². The number of rotatable bonds is 4. The van der Waals surface area contributed by atoms with E-state index in [4.69, 9.17) is 0 Å². The summed E-state index contributed by atoms with van der Waals surface area (Å²) in [5.41, 5.74) is 0.971. The first kappa shape index (κ1) is 18.7. The van der Waals surface area contributed by atoms with Gasteiger partial charge in [-0.2, -0.15) is 0 Å². The summed E-state index contributed by atoms with van der Waals surface area (Å²) in [6.45, 7) is 5.49. The Kier molecular flexibility index (Phi) is 4.78. The standard InChI is InChI=1S/C21H30N4O2S/c1-14-6-18(26)23-20(22-14)28-13-19(27)24-2-4-25(5-3-24)21-10-15-7-16(11-21)9-17(8-15)12-21/h6,15-17H,2-5,7-13H2,1H3,(H,22,23,26). The van der Waals surface area contributed by atoms with Crippen molar-refractivity contribution >= 4 is 17.7 Å². The molecule has 0 aromatic carbocycles. The predicted molar refractivity (Wildman–Crippen MR) is 109 cm³/mol. The highest BCUT2D eigenvalue weighted by molar-refractivity contribution is 7.99. The highest BCUT2D eigenvalue weighted by Gasteiger charge is 2.53. The van der Waals surface area contributed by atoms with Gasteiger partial charge in [0.1, 0.15) is 0 Å². The third-order valence-electron chi connectivity index (χ3n) is 7.49. The van der Waals surface area contributed by atoms with E-state index in [1.807, 2.05) is 4.90 Å². The van der Waals surface area contributed by atoms with Crippen LogP contribution in [-0.2, 0) is 4.79 Å². The van der Waals surface area contributed by atoms with E-state index in [9.17, 15) is 9.59 Å². The van der Waals surface area contributed by atoms with Crippen molar-refractivity contribution in [3.05, 3.63) is 22.1 Å². The Labute approximate surface area is 170 Å². The topological polar surface area (TPSA) is 69.3 Å². The molecular formula is C21H30N4O2S. The van der Waals surface area contributed by atoms with Gasteiger partial charge >= 0.3 is 0 Å². The highest BCUT2D eigenvalue weighted by atomic mass is 32.2. The first-order chi connectivity index (χ1) is 13.5. The lowest BCUT2D eigenvalue weighted by Crippen LogP contribution is -2.64. The molecule has 4 saturated carbocycles. The molecule has 5 aliphatic rings. The van der Waals surface area contributed by atoms with Gasteiger partial charge in [0, 0.05) is 43.5 Å². The van der Waals surface area contributed by atoms with Crippen molar-refractivity contribution in [3.63, 3.8) is 0 Å². The molecule has 6 nitrogen and oxygen atoms in total. The largest absolute Gasteiger partial charge is 0.339 e. The Morgan fingerprint density at radius 1 is 1.14 bits per heavy atom. The molecule has 28 heavy (non-hydrogen) atoms. The second-order valence-corrected chi connectivity index (χ2v) is 10.5. The highest BCUT2D eigenvalue weighted by Crippen LogP contribution is 2.57. The zero-order valence-corrected chi connectivity index (χ0v) is 17.5. The van der Waals surface area contributed by atoms with Crippen molar-refractivity contribution in [1.82, 2.24) is 19.8 Å². The number of thioether (sulfide) groups is 1. The van der Waals surface area contributed by atoms with Gasteiger partial charge in [-0.15, -0.1) is 0 Å². The molecule has 0 unspecified atom stereocenters. The minimum absolute atomic E-state index is 0.152. The first-order valence-electron chi connectivity index (χ1n) is 10.7. The fourth-order valence-corrected chi connectivity index (χ4v) is 7.55. The van der Waals surface area contributed by atoms with Crippen LogP contribution in [0.2, 0.25) is 0 Å². The second kappa shape index (κ2) is 7.17. The Bertz CT molecular complexity index is 780. The van der Waals surface area contributed by atoms with Crippen LogP contribution >= 0.6 is 11.8 Å². The average Bonchev–Trinajstić information content (AvgIpc) is 2.64. The Morgan fingerprint density at radius 3 is 2.32 bits per heavy atom. The molecule has 6 rings (SSSR count). The maximum atomic E-state index is 12.7. The predicted octanol–water partition coefficient (Wildman–Crippen LogP) is 2.28. The monoisotopic (exact) mass is 402 g/mol. The van der Waals surface area contributed by atoms with Crippen LogP contribution in [0.25, 0.3) is 0 Å². The maximum absolute atomic E-state index is 12.7. The molecule has 2 heterocycles. The number of carbonyl (C=O) groups excluding carboxylic acids is 1. The molecule has 7 heteroatoms. The van der Waals surface area contributed by atoms with Gasteiger partial charge in [0.05, 0.1) is 5.75 Å². The van der Waals surface area contributed by atoms with Crippen LogP contribution < -0.4 is 5.56 Å². The Hall–Kier alpha value is -1.34. The molecule has 152 valence electrons. The van der Waals surface area contributed by atoms with E-state index in [1.165, 1.54) is 56.4 Å². The molecule has 1 aliphatic heterocycles. The van der Waals surface area contributed by atoms with E-state index in [0.717, 1.165) is 43.9 Å². The Morgan fingerprint density at radius 2 is 1.75 bits per heavy atom. The number of hydrogen-bond donors (Lipinski definition) is 1. The van der Waals surface area contributed by atoms with Gasteiger partial charge in [0.25, 0.3) is 5.56 Å². The van der Waals surface area contributed by atoms with Crippen molar-refractivity contribution in [2.75, 3.05) is 31.9 Å². The van der Waals surface area contributed by atoms with Crippen LogP contribution in [0.15, 0.2) is 16.0 Å². The summed E-state index contributed by atoms with van der Waals surface area (Å²) >= 11 is 1.33. The molecule has 1 aromatic rings. The van der Waals surface area contributed by atoms with Crippen LogP contribution in [0.3, 0.4) is 0 Å². The quantitative estimate of drug-likeness (QED) is 0.618. The Balaban J connectivity index is 1.16. The molecule has 1 amide bonds. The summed E-state index contributed by atoms with van der Waals surface area (Å²) in [4.78, 5) is 36.0. The number of piperazine rings is 1. The third kappa shape index (κ3) is 3.52. The number of nitrogens with zero attached hydrogens (tertiary/aromatic N) is 3. The van der Waals surface area contributed by atoms with Crippen LogP contribution in [0.1, 0.15) is 44.2 Å². The lowest BCUT2D eigenvalue weighted by molar-refractivity contribution is -0.135. The maximum Gasteiger partial charge on any atom is 0.251 e. The number of aromatic amines is 1. The van der Waals surface area contributed by atoms with E-state index in [1.54, 1.807) is 6.92 Å². The minimum Gasteiger partial charge on any atom is -0.339 e. The summed E-state index contributed by atoms with van der Waals surface area (Å²) in [6, 6.07) is 1.47. The number of hydrogen-bond acceptors (Lipinski definition) is 5. The average molecular weight is 403 g/mol. The SMILES string of the molecule is Cc1cc(=O)[nH]c(SCC(=O)N2CCN(C34CC5CC(CC(C5)C3)C4)CC2)n1. The molecule has 4 aliphatic carbocycles. The zero-order chi connectivity index (χ0) is 19.3. The molecular weight excluding hydrogens is 372 g/mol. The van der Waals surface area contributed by atoms with Gasteiger partial charge in [0.2, 0.25) is 5.91 Å². The third-order valence-corrected chi connectivity index (χ3v) is 8.35. The lowest BCUT2D eigenvalue weighted by atomic mass is 9.52. The van der Waals surface area contributed by atoms with E-state index >= 15 is 0 Å². The minimum atomic E-state index is -0.161. The molecule has 4 bridgehead atoms. The molecule has 1 aromatic heterocycles. The fraction of sp³-hybridized carbons (Fsp3) is 0.762. The number of carbonyl (C=O) groups is 1. The van der Waals surface area contributed by atoms with Gasteiger partial charge in [-0.05, 0) is 63.2 Å². The smallest absolute Gasteiger partial charge is 0.251 e. The summed E-state index contributed by atoms with van der Waals surface area (Å²) in [5.74, 6) is 3.38. The van der Waals surface area contributed by atoms with Gasteiger partial charge < -0.3 is 9.88 Å². The van der Waals surface area contributed by atoms with Crippen LogP contribution in [0.4, 0.5) is 0 Å². The summed E-state index contributed by atoms with van der Waals surface area (Å²) in [6.07, 6.45) is 8.62. The van der Waals surface area contributed by atoms with E-state index in [2.05, 4.69) is 14.9 Å². The number of H-pyrrole nitrogens is 1. The molecule has 5 fully saturated rings. The lowest BCUT2D eigenvalue weighted by Gasteiger charge is -2.61. The molecule has 1 saturated heterocycles. The van der Waals surface area contributed by atoms with Crippen LogP contribution in [0, 0.1) is 24.7 Å². The number of amides is 1. The van der Waals surface area contributed by atoms with E-state index in [-0.39, 0.29) is 11.5 Å². The molecule has 0 atom stereocenters. The fourth-order valence-electron chi connectivity index (χ4n) is 6.72. The molecule has 0 spiro atoms. The van der Waals surface area contributed by atoms with Gasteiger partial charge in [-0.1, -0.05) is 11.8 Å². The number of aromatic nitrogens is 2. The molecule has 1 N–H and O–H groups in total. The van der Waals surface area contributed by atoms with E-state index < -0.39 is 0 Å². The van der Waals surface area contributed by atoms with Crippen molar-refractivity contribution < 1.29 is 4.79 Å². The van der Waals surface area contributed by atoms with Crippen molar-refractivity contribution in [2.24, 2.45) is 17.8 Å². The zero-order valence-electron chi connectivity index (χ0n) is 16.7. The summed E-state index contributed by atoms with van der Waals surface area (Å²) in [7, 11) is 0. The van der Waals surface area contributed by atoms with Crippen molar-refractivity contribution in [3.8, 4) is 0 Å². The van der Waals surface area contributed by atoms with E-state index in [0.29, 0.717) is 22.1 Å². The van der Waals surface area contributed by atoms with Crippen molar-refractivity contribution in [1.29, 1.82) is 0 Å². The van der Waals surface area contributed by atoms with Gasteiger partial charge in [-0.3, -0.25) is 14.5 Å². The normalized spacial score (nSPS) is 34.8. The van der Waals surface area contributed by atoms with Crippen molar-refractivity contribution in [2.45, 2.75) is 56.1 Å². The number of aryl methyl sites for hydroxylation is 1. The van der Waals surface area contributed by atoms with Gasteiger partial charge in [-0.25, -0.2) is 4.98 Å². The first-order valence-corrected chi connectivity index (χ1v) is 11.7.